The van der Waals surface area contributed by atoms with Gasteiger partial charge in [0.15, 0.2) is 0 Å². The summed E-state index contributed by atoms with van der Waals surface area (Å²) >= 11 is 0. The third-order valence-electron chi connectivity index (χ3n) is 6.44. The fraction of sp³-hybridized carbons (Fsp3) is 0.889. The molecule has 0 rings (SSSR count). The Morgan fingerprint density at radius 1 is 0.733 bits per heavy atom. The van der Waals surface area contributed by atoms with Crippen LogP contribution >= 0.6 is 0 Å². The Kier molecular flexibility index (Phi) is 19.5. The van der Waals surface area contributed by atoms with Gasteiger partial charge >= 0.3 is 0 Å². The molecule has 178 valence electrons. The molecule has 30 heavy (non-hydrogen) atoms. The second-order valence-electron chi connectivity index (χ2n) is 10.1. The standard InChI is InChI=1S/C27H54N2O/c1-6-8-9-10-11-12-13-14-15-16-17-18-19-20-21-23-26(29(3,4)5)24-22-25-28-27(30)7-2/h7,26H,2,6,8-25H2,1,3-5H3/p+1. The SMILES string of the molecule is C=CC(=O)NCCCC(CCCCCCCCCCCCCCCCC)[N+](C)(C)C. The lowest BCUT2D eigenvalue weighted by atomic mass is 9.99. The molecule has 1 N–H and O–H groups in total. The molecular formula is C27H55N2O+. The molecule has 0 saturated heterocycles. The molecule has 0 spiro atoms. The van der Waals surface area contributed by atoms with E-state index in [1.54, 1.807) is 0 Å². The van der Waals surface area contributed by atoms with Crippen molar-refractivity contribution in [2.75, 3.05) is 27.7 Å². The Morgan fingerprint density at radius 3 is 1.53 bits per heavy atom. The van der Waals surface area contributed by atoms with Crippen molar-refractivity contribution in [1.82, 2.24) is 5.32 Å². The van der Waals surface area contributed by atoms with Crippen molar-refractivity contribution in [3.63, 3.8) is 0 Å². The minimum Gasteiger partial charge on any atom is -0.353 e. The number of hydrogen-bond acceptors (Lipinski definition) is 1. The van der Waals surface area contributed by atoms with Crippen LogP contribution in [0.5, 0.6) is 0 Å². The van der Waals surface area contributed by atoms with Gasteiger partial charge in [0.05, 0.1) is 27.2 Å². The quantitative estimate of drug-likeness (QED) is 0.110. The van der Waals surface area contributed by atoms with Gasteiger partial charge in [-0.2, -0.15) is 0 Å². The summed E-state index contributed by atoms with van der Waals surface area (Å²) in [5.74, 6) is -0.0563. The van der Waals surface area contributed by atoms with E-state index in [4.69, 9.17) is 0 Å². The highest BCUT2D eigenvalue weighted by molar-refractivity contribution is 5.86. The van der Waals surface area contributed by atoms with E-state index < -0.39 is 0 Å². The molecule has 3 nitrogen and oxygen atoms in total. The van der Waals surface area contributed by atoms with E-state index in [1.165, 1.54) is 115 Å². The zero-order valence-corrected chi connectivity index (χ0v) is 21.2. The predicted octanol–water partition coefficient (Wildman–Crippen LogP) is 7.41. The molecule has 0 saturated carbocycles. The molecule has 1 unspecified atom stereocenters. The second-order valence-corrected chi connectivity index (χ2v) is 10.1. The van der Waals surface area contributed by atoms with Crippen molar-refractivity contribution in [1.29, 1.82) is 0 Å². The van der Waals surface area contributed by atoms with Crippen LogP contribution in [0.1, 0.15) is 122 Å². The van der Waals surface area contributed by atoms with Gasteiger partial charge in [-0.25, -0.2) is 0 Å². The number of amides is 1. The van der Waals surface area contributed by atoms with Crippen molar-refractivity contribution in [3.8, 4) is 0 Å². The normalized spacial score (nSPS) is 12.7. The van der Waals surface area contributed by atoms with Gasteiger partial charge < -0.3 is 9.80 Å². The summed E-state index contributed by atoms with van der Waals surface area (Å²) < 4.78 is 1.02. The van der Waals surface area contributed by atoms with Crippen LogP contribution in [0.15, 0.2) is 12.7 Å². The van der Waals surface area contributed by atoms with E-state index >= 15 is 0 Å². The maximum atomic E-state index is 11.2. The van der Waals surface area contributed by atoms with Crippen LogP contribution in [0.3, 0.4) is 0 Å². The van der Waals surface area contributed by atoms with E-state index in [9.17, 15) is 4.79 Å². The fourth-order valence-electron chi connectivity index (χ4n) is 4.29. The lowest BCUT2D eigenvalue weighted by molar-refractivity contribution is -0.896. The average Bonchev–Trinajstić information content (AvgIpc) is 2.71. The first kappa shape index (κ1) is 29.2. The van der Waals surface area contributed by atoms with Crippen molar-refractivity contribution >= 4 is 5.91 Å². The molecule has 3 heteroatoms. The number of carbonyl (C=O) groups excluding carboxylic acids is 1. The van der Waals surface area contributed by atoms with Gasteiger partial charge in [0.1, 0.15) is 0 Å². The molecule has 0 bridgehead atoms. The summed E-state index contributed by atoms with van der Waals surface area (Å²) in [6.45, 7) is 6.56. The van der Waals surface area contributed by atoms with Gasteiger partial charge in [-0.05, 0) is 25.3 Å². The van der Waals surface area contributed by atoms with Crippen molar-refractivity contribution in [2.24, 2.45) is 0 Å². The summed E-state index contributed by atoms with van der Waals surface area (Å²) in [6, 6.07) is 0.688. The number of quaternary nitrogens is 1. The predicted molar refractivity (Wildman–Crippen MR) is 134 cm³/mol. The molecule has 0 aliphatic rings. The number of carbonyl (C=O) groups is 1. The Hall–Kier alpha value is -0.830. The summed E-state index contributed by atoms with van der Waals surface area (Å²) in [4.78, 5) is 11.2. The first-order valence-corrected chi connectivity index (χ1v) is 13.1. The molecule has 0 aromatic rings. The first-order valence-electron chi connectivity index (χ1n) is 13.1. The van der Waals surface area contributed by atoms with Crippen LogP contribution in [-0.4, -0.2) is 44.1 Å². The van der Waals surface area contributed by atoms with Gasteiger partial charge in [0, 0.05) is 13.0 Å². The molecule has 0 aromatic heterocycles. The van der Waals surface area contributed by atoms with Crippen LogP contribution < -0.4 is 5.32 Å². The highest BCUT2D eigenvalue weighted by atomic mass is 16.1. The molecular weight excluding hydrogens is 368 g/mol. The lowest BCUT2D eigenvalue weighted by Gasteiger charge is -2.34. The molecule has 0 radical (unpaired) electrons. The zero-order chi connectivity index (χ0) is 22.5. The monoisotopic (exact) mass is 423 g/mol. The van der Waals surface area contributed by atoms with Crippen LogP contribution in [-0.2, 0) is 4.79 Å². The minimum atomic E-state index is -0.0563. The number of rotatable bonds is 22. The molecule has 0 aromatic carbocycles. The minimum absolute atomic E-state index is 0.0563. The molecule has 0 fully saturated rings. The maximum absolute atomic E-state index is 11.2. The smallest absolute Gasteiger partial charge is 0.243 e. The Labute approximate surface area is 189 Å². The van der Waals surface area contributed by atoms with Crippen molar-refractivity contribution in [3.05, 3.63) is 12.7 Å². The molecule has 0 aliphatic carbocycles. The zero-order valence-electron chi connectivity index (χ0n) is 21.2. The largest absolute Gasteiger partial charge is 0.353 e. The van der Waals surface area contributed by atoms with Crippen LogP contribution in [0.4, 0.5) is 0 Å². The van der Waals surface area contributed by atoms with E-state index in [2.05, 4.69) is 40.0 Å². The number of nitrogens with zero attached hydrogens (tertiary/aromatic N) is 1. The van der Waals surface area contributed by atoms with E-state index in [0.717, 1.165) is 17.4 Å². The Bertz CT molecular complexity index is 400. The van der Waals surface area contributed by atoms with Gasteiger partial charge in [0.2, 0.25) is 5.91 Å². The number of unbranched alkanes of at least 4 members (excludes halogenated alkanes) is 14. The Morgan fingerprint density at radius 2 is 1.13 bits per heavy atom. The van der Waals surface area contributed by atoms with Gasteiger partial charge in [-0.1, -0.05) is 103 Å². The van der Waals surface area contributed by atoms with E-state index in [0.29, 0.717) is 6.04 Å². The molecule has 0 aliphatic heterocycles. The van der Waals surface area contributed by atoms with Crippen LogP contribution in [0.2, 0.25) is 0 Å². The molecule has 1 atom stereocenters. The summed E-state index contributed by atoms with van der Waals surface area (Å²) in [6.07, 6.45) is 26.2. The van der Waals surface area contributed by atoms with E-state index in [1.807, 2.05) is 0 Å². The molecule has 1 amide bonds. The highest BCUT2D eigenvalue weighted by Gasteiger charge is 2.22. The summed E-state index contributed by atoms with van der Waals surface area (Å²) in [5, 5.41) is 2.90. The fourth-order valence-corrected chi connectivity index (χ4v) is 4.29. The van der Waals surface area contributed by atoms with Crippen LogP contribution in [0.25, 0.3) is 0 Å². The average molecular weight is 424 g/mol. The number of nitrogens with one attached hydrogen (secondary N) is 1. The van der Waals surface area contributed by atoms with Crippen molar-refractivity contribution in [2.45, 2.75) is 129 Å². The summed E-state index contributed by atoms with van der Waals surface area (Å²) in [5.41, 5.74) is 0. The maximum Gasteiger partial charge on any atom is 0.243 e. The molecule has 0 heterocycles. The first-order chi connectivity index (χ1) is 14.4. The number of hydrogen-bond donors (Lipinski definition) is 1. The van der Waals surface area contributed by atoms with Crippen molar-refractivity contribution < 1.29 is 9.28 Å². The third kappa shape index (κ3) is 19.2. The Balaban J connectivity index is 3.55. The van der Waals surface area contributed by atoms with Gasteiger partial charge in [0.25, 0.3) is 0 Å². The highest BCUT2D eigenvalue weighted by Crippen LogP contribution is 2.19. The van der Waals surface area contributed by atoms with Gasteiger partial charge in [-0.15, -0.1) is 0 Å². The lowest BCUT2D eigenvalue weighted by Crippen LogP contribution is -2.45. The second kappa shape index (κ2) is 20.1. The van der Waals surface area contributed by atoms with Crippen LogP contribution in [0, 0.1) is 0 Å². The summed E-state index contributed by atoms with van der Waals surface area (Å²) in [7, 11) is 6.91. The van der Waals surface area contributed by atoms with E-state index in [-0.39, 0.29) is 5.91 Å². The third-order valence-corrected chi connectivity index (χ3v) is 6.44. The van der Waals surface area contributed by atoms with Gasteiger partial charge in [-0.3, -0.25) is 4.79 Å². The topological polar surface area (TPSA) is 29.1 Å².